The van der Waals surface area contributed by atoms with Crippen LogP contribution in [-0.4, -0.2) is 451 Å². The summed E-state index contributed by atoms with van der Waals surface area (Å²) in [6.45, 7) is -7.08. The molecule has 43 heteroatoms. The number of aliphatic hydroxyl groups excluding tert-OH is 25. The normalized spacial score (nSPS) is 55.5. The fourth-order valence-electron chi connectivity index (χ4n) is 13.3. The zero-order chi connectivity index (χ0) is 70.5. The number of hydrogen-bond acceptors (Lipinski definition) is 43. The molecule has 18 bridgehead atoms. The third-order valence-corrected chi connectivity index (χ3v) is 18.9. The van der Waals surface area contributed by atoms with Crippen molar-refractivity contribution >= 4 is 0 Å². The van der Waals surface area contributed by atoms with Crippen molar-refractivity contribution in [3.05, 3.63) is 0 Å². The summed E-state index contributed by atoms with van der Waals surface area (Å²) in [5.41, 5.74) is 0. The third kappa shape index (κ3) is 15.7. The minimum Gasteiger partial charge on any atom is -0.394 e. The van der Waals surface area contributed by atoms with E-state index >= 15 is 0 Å². The average Bonchev–Trinajstić information content (AvgIpc) is 0.784. The van der Waals surface area contributed by atoms with Crippen molar-refractivity contribution < 1.29 is 213 Å². The second kappa shape index (κ2) is 33.2. The molecule has 0 aliphatic carbocycles. The van der Waals surface area contributed by atoms with E-state index in [1.54, 1.807) is 0 Å². The minimum atomic E-state index is -2.27. The van der Waals surface area contributed by atoms with E-state index in [-0.39, 0.29) is 0 Å². The Morgan fingerprint density at radius 1 is 0.196 bits per heavy atom. The van der Waals surface area contributed by atoms with Gasteiger partial charge in [-0.05, 0) is 6.92 Å². The van der Waals surface area contributed by atoms with Crippen LogP contribution in [0.15, 0.2) is 0 Å². The van der Waals surface area contributed by atoms with Crippen LogP contribution in [0.3, 0.4) is 0 Å². The number of aliphatic hydroxyl groups is 25. The summed E-state index contributed by atoms with van der Waals surface area (Å²) >= 11 is 0. The zero-order valence-electron chi connectivity index (χ0n) is 51.3. The Kier molecular flexibility index (Phi) is 26.6. The van der Waals surface area contributed by atoms with E-state index < -0.39 is 330 Å². The van der Waals surface area contributed by atoms with Crippen LogP contribution < -0.4 is 0 Å². The van der Waals surface area contributed by atoms with Crippen molar-refractivity contribution in [3.8, 4) is 0 Å². The van der Waals surface area contributed by atoms with Gasteiger partial charge in [0.1, 0.15) is 201 Å². The first-order valence-electron chi connectivity index (χ1n) is 31.4. The number of ether oxygens (including phenoxy) is 18. The predicted octanol–water partition coefficient (Wildman–Crippen LogP) is -17.5. The molecular weight excluding hydrogens is 1340 g/mol. The fraction of sp³-hybridized carbons (Fsp3) is 1.00. The average molecular weight is 1430 g/mol. The SMILES string of the molecule is CC1O[C@H]2O[C@H]3C(CO)O[C@@H](O[C@H]4C(CO)O[C@@H](O[C@H]5C(CO)O[C@@H](O[C@H]6C(CO)O[C@@H](O[C@H]7C(CO)O[C@@H](O[C@H]8C(CO)O[C@@H](O[C@H]9C(CO)O[C@@H](O[C@H]%10C(CO)O[C@@H](O[C@H]1CC2O)C(O)[C@H]%10O)C(O)[C@H]9O)C(O)[C@H]8O)C(O)[C@H]7O)C(O)[C@H]6O)C(O)[C@H]5O)C(O)[C@H]4O)C(O)[C@H]3O. The topological polar surface area (TPSA) is 672 Å². The molecule has 27 aliphatic rings. The fourth-order valence-corrected chi connectivity index (χ4v) is 13.3. The van der Waals surface area contributed by atoms with Crippen molar-refractivity contribution in [1.29, 1.82) is 0 Å². The lowest BCUT2D eigenvalue weighted by molar-refractivity contribution is -0.399. The Balaban J connectivity index is 0.884. The molecule has 27 rings (SSSR count). The highest BCUT2D eigenvalue weighted by atomic mass is 16.8. The first-order chi connectivity index (χ1) is 46.2. The molecule has 43 nitrogen and oxygen atoms in total. The Hall–Kier alpha value is -1.72. The molecule has 0 aromatic rings. The lowest BCUT2D eigenvalue weighted by atomic mass is 9.95. The molecule has 0 amide bonds. The summed E-state index contributed by atoms with van der Waals surface area (Å²) in [5, 5.41) is 278. The Bertz CT molecular complexity index is 2400. The highest BCUT2D eigenvalue weighted by Crippen LogP contribution is 2.40. The van der Waals surface area contributed by atoms with E-state index in [4.69, 9.17) is 85.3 Å². The van der Waals surface area contributed by atoms with Crippen molar-refractivity contribution in [2.24, 2.45) is 0 Å². The molecule has 564 valence electrons. The molecular formula is C54H90O43. The molecule has 27 saturated heterocycles. The Morgan fingerprint density at radius 3 is 0.515 bits per heavy atom. The monoisotopic (exact) mass is 1430 g/mol. The maximum Gasteiger partial charge on any atom is 0.187 e. The Labute approximate surface area is 548 Å². The predicted molar refractivity (Wildman–Crippen MR) is 291 cm³/mol. The van der Waals surface area contributed by atoms with Crippen LogP contribution >= 0.6 is 0 Å². The van der Waals surface area contributed by atoms with Gasteiger partial charge in [-0.1, -0.05) is 0 Å². The summed E-state index contributed by atoms with van der Waals surface area (Å²) in [6.07, 6.45) is -86.9. The van der Waals surface area contributed by atoms with Crippen LogP contribution in [0.5, 0.6) is 0 Å². The number of hydrogen-bond donors (Lipinski definition) is 25. The second-order valence-electron chi connectivity index (χ2n) is 25.1. The van der Waals surface area contributed by atoms with Gasteiger partial charge in [0, 0.05) is 6.42 Å². The van der Waals surface area contributed by atoms with Gasteiger partial charge in [0.05, 0.1) is 65.1 Å². The van der Waals surface area contributed by atoms with E-state index in [0.717, 1.165) is 0 Å². The van der Waals surface area contributed by atoms with Crippen molar-refractivity contribution in [1.82, 2.24) is 0 Å². The van der Waals surface area contributed by atoms with Crippen LogP contribution in [0, 0.1) is 0 Å². The first kappa shape index (κ1) is 77.9. The van der Waals surface area contributed by atoms with E-state index in [9.17, 15) is 128 Å². The molecule has 0 saturated carbocycles. The van der Waals surface area contributed by atoms with Crippen molar-refractivity contribution in [3.63, 3.8) is 0 Å². The van der Waals surface area contributed by atoms with Crippen molar-refractivity contribution in [2.75, 3.05) is 52.9 Å². The van der Waals surface area contributed by atoms with Gasteiger partial charge >= 0.3 is 0 Å². The van der Waals surface area contributed by atoms with Gasteiger partial charge < -0.3 is 213 Å². The standard InChI is InChI=1S/C54H90O43/c1-11-13-2-12(63)46(80-11)90-38-14(3-55)83-48(31(73)23(38)65)92-40-16(5-57)85-50(33(75)25(40)67)94-42-18(7-59)87-52(35(77)27(42)69)96-44-20(9-61)89-54(37(79)29(44)71)97-45-21(10-62)88-53(36(78)28(45)70)95-43-19(8-60)86-51(34(76)26(43)68)93-41-17(6-58)84-49(32(74)24(41)66)91-39-15(4-56)82-47(81-13)30(72)22(39)64/h11-79H,2-10H2,1H3/t11?,12?,13-,14?,15?,16?,17?,18?,19?,20?,21?,22+,23+,24+,25+,26+,27+,28+,29+,30?,31?,32?,33?,34?,35?,36?,37?,38-,39-,40-,41-,42-,43-,44-,45-,46-,47+,48-,49-,50-,51-,52-,53-,54-/m0/s1. The lowest BCUT2D eigenvalue weighted by Crippen LogP contribution is -2.68. The van der Waals surface area contributed by atoms with E-state index in [2.05, 4.69) is 0 Å². The molecule has 97 heavy (non-hydrogen) atoms. The molecule has 27 aliphatic heterocycles. The molecule has 0 aromatic heterocycles. The van der Waals surface area contributed by atoms with Gasteiger partial charge in [0.15, 0.2) is 56.6 Å². The van der Waals surface area contributed by atoms with Crippen LogP contribution in [0.2, 0.25) is 0 Å². The summed E-state index contributed by atoms with van der Waals surface area (Å²) in [5.74, 6) is 0. The van der Waals surface area contributed by atoms with Gasteiger partial charge in [-0.15, -0.1) is 0 Å². The molecule has 0 spiro atoms. The zero-order valence-corrected chi connectivity index (χ0v) is 51.3. The summed E-state index contributed by atoms with van der Waals surface area (Å²) < 4.78 is 104. The summed E-state index contributed by atoms with van der Waals surface area (Å²) in [7, 11) is 0. The lowest BCUT2D eigenvalue weighted by Gasteiger charge is -2.50. The van der Waals surface area contributed by atoms with Crippen LogP contribution in [-0.2, 0) is 85.3 Å². The van der Waals surface area contributed by atoms with Gasteiger partial charge in [-0.2, -0.15) is 0 Å². The first-order valence-corrected chi connectivity index (χ1v) is 31.4. The van der Waals surface area contributed by atoms with Crippen LogP contribution in [0.1, 0.15) is 13.3 Å². The van der Waals surface area contributed by atoms with Gasteiger partial charge in [-0.25, -0.2) is 0 Å². The maximum absolute atomic E-state index is 11.5. The molecule has 0 aromatic carbocycles. The van der Waals surface area contributed by atoms with E-state index in [0.29, 0.717) is 0 Å². The Morgan fingerprint density at radius 2 is 0.351 bits per heavy atom. The van der Waals surface area contributed by atoms with E-state index in [1.807, 2.05) is 0 Å². The second-order valence-corrected chi connectivity index (χ2v) is 25.1. The quantitative estimate of drug-likeness (QED) is 0.107. The smallest absolute Gasteiger partial charge is 0.187 e. The molecule has 44 atom stereocenters. The molecule has 0 radical (unpaired) electrons. The highest BCUT2D eigenvalue weighted by Gasteiger charge is 2.60. The summed E-state index contributed by atoms with van der Waals surface area (Å²) in [4.78, 5) is 0. The van der Waals surface area contributed by atoms with Gasteiger partial charge in [-0.3, -0.25) is 0 Å². The molecule has 25 N–H and O–H groups in total. The van der Waals surface area contributed by atoms with Crippen LogP contribution in [0.4, 0.5) is 0 Å². The van der Waals surface area contributed by atoms with E-state index in [1.165, 1.54) is 6.92 Å². The summed E-state index contributed by atoms with van der Waals surface area (Å²) in [6, 6.07) is 0. The molecule has 18 unspecified atom stereocenters. The highest BCUT2D eigenvalue weighted by molar-refractivity contribution is 5.02. The molecule has 27 fully saturated rings. The largest absolute Gasteiger partial charge is 0.394 e. The van der Waals surface area contributed by atoms with Gasteiger partial charge in [0.25, 0.3) is 0 Å². The third-order valence-electron chi connectivity index (χ3n) is 18.9. The maximum atomic E-state index is 11.5. The van der Waals surface area contributed by atoms with Crippen molar-refractivity contribution in [2.45, 2.75) is 284 Å². The number of rotatable bonds is 8. The van der Waals surface area contributed by atoms with Crippen LogP contribution in [0.25, 0.3) is 0 Å². The van der Waals surface area contributed by atoms with Gasteiger partial charge in [0.2, 0.25) is 0 Å². The minimum absolute atomic E-state index is 0.424. The molecule has 27 heterocycles.